The van der Waals surface area contributed by atoms with Crippen molar-refractivity contribution in [3.05, 3.63) is 35.9 Å². The Morgan fingerprint density at radius 2 is 1.95 bits per heavy atom. The Kier molecular flexibility index (Phi) is 4.56. The zero-order valence-corrected chi connectivity index (χ0v) is 12.4. The highest BCUT2D eigenvalue weighted by Gasteiger charge is 2.32. The van der Waals surface area contributed by atoms with Crippen molar-refractivity contribution >= 4 is 5.91 Å². The molecule has 114 valence electrons. The lowest BCUT2D eigenvalue weighted by Gasteiger charge is -2.33. The number of amides is 1. The summed E-state index contributed by atoms with van der Waals surface area (Å²) in [5.74, 6) is 0.850. The van der Waals surface area contributed by atoms with Crippen LogP contribution in [0, 0.1) is 5.92 Å². The van der Waals surface area contributed by atoms with Gasteiger partial charge in [0.25, 0.3) is 0 Å². The van der Waals surface area contributed by atoms with Gasteiger partial charge in [-0.2, -0.15) is 0 Å². The third-order valence-corrected chi connectivity index (χ3v) is 4.70. The van der Waals surface area contributed by atoms with Crippen molar-refractivity contribution < 1.29 is 9.90 Å². The molecule has 2 aliphatic rings. The lowest BCUT2D eigenvalue weighted by molar-refractivity contribution is -0.134. The molecule has 2 aliphatic heterocycles. The van der Waals surface area contributed by atoms with Crippen molar-refractivity contribution in [2.45, 2.75) is 37.8 Å². The molecule has 0 saturated carbocycles. The van der Waals surface area contributed by atoms with Crippen LogP contribution in [0.4, 0.5) is 0 Å². The van der Waals surface area contributed by atoms with Gasteiger partial charge in [-0.1, -0.05) is 30.3 Å². The summed E-state index contributed by atoms with van der Waals surface area (Å²) in [4.78, 5) is 14.3. The Hall–Kier alpha value is -1.39. The summed E-state index contributed by atoms with van der Waals surface area (Å²) in [6.07, 6.45) is 3.47. The van der Waals surface area contributed by atoms with Crippen LogP contribution in [0.3, 0.4) is 0 Å². The first-order chi connectivity index (χ1) is 10.2. The molecule has 0 unspecified atom stereocenters. The minimum Gasteiger partial charge on any atom is -0.392 e. The number of piperidine rings is 1. The zero-order chi connectivity index (χ0) is 14.7. The van der Waals surface area contributed by atoms with Crippen molar-refractivity contribution in [2.75, 3.05) is 19.6 Å². The Morgan fingerprint density at radius 1 is 1.24 bits per heavy atom. The zero-order valence-electron chi connectivity index (χ0n) is 12.4. The van der Waals surface area contributed by atoms with Gasteiger partial charge in [0.2, 0.25) is 5.91 Å². The molecule has 1 amide bonds. The number of aliphatic hydroxyl groups is 1. The molecule has 2 heterocycles. The summed E-state index contributed by atoms with van der Waals surface area (Å²) in [5, 5.41) is 12.6. The van der Waals surface area contributed by atoms with Gasteiger partial charge in [0.05, 0.1) is 12.1 Å². The van der Waals surface area contributed by atoms with Gasteiger partial charge in [-0.3, -0.25) is 4.79 Å². The standard InChI is InChI=1S/C17H24N2O2/c20-15-11-16(18-12-15)17(21)19-8-6-14(7-9-19)10-13-4-2-1-3-5-13/h1-5,14-16,18,20H,6-12H2/t15-,16-/m0/s1. The van der Waals surface area contributed by atoms with Gasteiger partial charge >= 0.3 is 0 Å². The third kappa shape index (κ3) is 3.63. The summed E-state index contributed by atoms with van der Waals surface area (Å²) >= 11 is 0. The van der Waals surface area contributed by atoms with E-state index in [1.54, 1.807) is 0 Å². The Balaban J connectivity index is 1.47. The Bertz CT molecular complexity index is 469. The smallest absolute Gasteiger partial charge is 0.239 e. The summed E-state index contributed by atoms with van der Waals surface area (Å²) in [6.45, 7) is 2.25. The number of likely N-dealkylation sites (tertiary alicyclic amines) is 1. The molecule has 3 rings (SSSR count). The van der Waals surface area contributed by atoms with Gasteiger partial charge in [-0.25, -0.2) is 0 Å². The average Bonchev–Trinajstić information content (AvgIpc) is 2.95. The van der Waals surface area contributed by atoms with E-state index >= 15 is 0 Å². The van der Waals surface area contributed by atoms with Crippen LogP contribution >= 0.6 is 0 Å². The molecule has 4 nitrogen and oxygen atoms in total. The second-order valence-electron chi connectivity index (χ2n) is 6.31. The molecule has 0 radical (unpaired) electrons. The van der Waals surface area contributed by atoms with Crippen LogP contribution in [0.15, 0.2) is 30.3 Å². The molecule has 2 N–H and O–H groups in total. The maximum atomic E-state index is 12.4. The first kappa shape index (κ1) is 14.5. The number of β-amino-alcohol motifs (C(OH)–C–C–N with tert-alkyl or cyclic N) is 1. The molecule has 1 aromatic carbocycles. The van der Waals surface area contributed by atoms with Gasteiger partial charge in [0.1, 0.15) is 0 Å². The van der Waals surface area contributed by atoms with E-state index in [1.165, 1.54) is 5.56 Å². The van der Waals surface area contributed by atoms with E-state index in [2.05, 4.69) is 29.6 Å². The minimum atomic E-state index is -0.366. The quantitative estimate of drug-likeness (QED) is 0.878. The van der Waals surface area contributed by atoms with E-state index in [0.717, 1.165) is 32.4 Å². The van der Waals surface area contributed by atoms with Crippen LogP contribution in [-0.4, -0.2) is 47.7 Å². The maximum absolute atomic E-state index is 12.4. The van der Waals surface area contributed by atoms with Crippen LogP contribution < -0.4 is 5.32 Å². The fourth-order valence-electron chi connectivity index (χ4n) is 3.43. The second-order valence-corrected chi connectivity index (χ2v) is 6.31. The van der Waals surface area contributed by atoms with Crippen LogP contribution in [0.2, 0.25) is 0 Å². The van der Waals surface area contributed by atoms with E-state index in [1.807, 2.05) is 11.0 Å². The van der Waals surface area contributed by atoms with E-state index < -0.39 is 0 Å². The van der Waals surface area contributed by atoms with Crippen molar-refractivity contribution in [2.24, 2.45) is 5.92 Å². The topological polar surface area (TPSA) is 52.6 Å². The van der Waals surface area contributed by atoms with Crippen molar-refractivity contribution in [1.82, 2.24) is 10.2 Å². The number of rotatable bonds is 3. The molecule has 0 aliphatic carbocycles. The van der Waals surface area contributed by atoms with Gasteiger partial charge in [-0.05, 0) is 37.2 Å². The van der Waals surface area contributed by atoms with Crippen molar-refractivity contribution in [3.63, 3.8) is 0 Å². The molecule has 0 bridgehead atoms. The van der Waals surface area contributed by atoms with Crippen LogP contribution in [0.5, 0.6) is 0 Å². The molecule has 2 saturated heterocycles. The highest BCUT2D eigenvalue weighted by molar-refractivity contribution is 5.82. The van der Waals surface area contributed by atoms with E-state index in [4.69, 9.17) is 0 Å². The van der Waals surface area contributed by atoms with Crippen molar-refractivity contribution in [3.8, 4) is 0 Å². The number of aliphatic hydroxyl groups excluding tert-OH is 1. The number of carbonyl (C=O) groups excluding carboxylic acids is 1. The van der Waals surface area contributed by atoms with Crippen LogP contribution in [0.25, 0.3) is 0 Å². The second kappa shape index (κ2) is 6.58. The highest BCUT2D eigenvalue weighted by atomic mass is 16.3. The molecule has 2 fully saturated rings. The van der Waals surface area contributed by atoms with E-state index in [-0.39, 0.29) is 18.1 Å². The molecule has 2 atom stereocenters. The van der Waals surface area contributed by atoms with Gasteiger partial charge in [-0.15, -0.1) is 0 Å². The summed E-state index contributed by atoms with van der Waals surface area (Å²) in [6, 6.07) is 10.4. The van der Waals surface area contributed by atoms with Gasteiger partial charge < -0.3 is 15.3 Å². The lowest BCUT2D eigenvalue weighted by Crippen LogP contribution is -2.47. The fraction of sp³-hybridized carbons (Fsp3) is 0.588. The molecular weight excluding hydrogens is 264 g/mol. The molecule has 4 heteroatoms. The monoisotopic (exact) mass is 288 g/mol. The largest absolute Gasteiger partial charge is 0.392 e. The summed E-state index contributed by atoms with van der Waals surface area (Å²) < 4.78 is 0. The number of nitrogens with zero attached hydrogens (tertiary/aromatic N) is 1. The van der Waals surface area contributed by atoms with Crippen LogP contribution in [-0.2, 0) is 11.2 Å². The molecule has 0 spiro atoms. The predicted molar refractivity (Wildman–Crippen MR) is 81.9 cm³/mol. The number of hydrogen-bond acceptors (Lipinski definition) is 3. The molecule has 21 heavy (non-hydrogen) atoms. The average molecular weight is 288 g/mol. The van der Waals surface area contributed by atoms with Gasteiger partial charge in [0, 0.05) is 19.6 Å². The van der Waals surface area contributed by atoms with E-state index in [0.29, 0.717) is 18.9 Å². The first-order valence-corrected chi connectivity index (χ1v) is 7.96. The van der Waals surface area contributed by atoms with E-state index in [9.17, 15) is 9.90 Å². The summed E-state index contributed by atoms with van der Waals surface area (Å²) in [7, 11) is 0. The van der Waals surface area contributed by atoms with Crippen molar-refractivity contribution in [1.29, 1.82) is 0 Å². The molecule has 0 aromatic heterocycles. The normalized spacial score (nSPS) is 27.0. The molecule has 1 aromatic rings. The number of benzene rings is 1. The third-order valence-electron chi connectivity index (χ3n) is 4.70. The maximum Gasteiger partial charge on any atom is 0.239 e. The van der Waals surface area contributed by atoms with Gasteiger partial charge in [0.15, 0.2) is 0 Å². The SMILES string of the molecule is O=C([C@@H]1C[C@H](O)CN1)N1CCC(Cc2ccccc2)CC1. The number of hydrogen-bond donors (Lipinski definition) is 2. The Morgan fingerprint density at radius 3 is 2.57 bits per heavy atom. The first-order valence-electron chi connectivity index (χ1n) is 7.96. The minimum absolute atomic E-state index is 0.171. The highest BCUT2D eigenvalue weighted by Crippen LogP contribution is 2.23. The number of nitrogens with one attached hydrogen (secondary N) is 1. The Labute approximate surface area is 126 Å². The predicted octanol–water partition coefficient (Wildman–Crippen LogP) is 1.19. The lowest BCUT2D eigenvalue weighted by atomic mass is 9.90. The summed E-state index contributed by atoms with van der Waals surface area (Å²) in [5.41, 5.74) is 1.39. The van der Waals surface area contributed by atoms with Crippen LogP contribution in [0.1, 0.15) is 24.8 Å². The fourth-order valence-corrected chi connectivity index (χ4v) is 3.43. The number of carbonyl (C=O) groups is 1. The molecular formula is C17H24N2O2.